The van der Waals surface area contributed by atoms with E-state index < -0.39 is 0 Å². The summed E-state index contributed by atoms with van der Waals surface area (Å²) in [6.45, 7) is 4.88. The Kier molecular flexibility index (Phi) is 5.52. The number of aromatic nitrogens is 3. The van der Waals surface area contributed by atoms with E-state index in [1.165, 1.54) is 18.4 Å². The SMILES string of the molecule is CNc1ncccc1CN1CCCC[C@H]1c1ncc2c(n1)CCN(C(C)=O)C2. The minimum atomic E-state index is 0.116. The number of anilines is 1. The van der Waals surface area contributed by atoms with Crippen LogP contribution in [0, 0.1) is 0 Å². The van der Waals surface area contributed by atoms with Gasteiger partial charge < -0.3 is 10.2 Å². The summed E-state index contributed by atoms with van der Waals surface area (Å²) in [4.78, 5) is 30.1. The summed E-state index contributed by atoms with van der Waals surface area (Å²) in [5, 5.41) is 3.19. The molecule has 148 valence electrons. The molecule has 7 nitrogen and oxygen atoms in total. The average molecular weight is 380 g/mol. The monoisotopic (exact) mass is 380 g/mol. The Morgan fingerprint density at radius 2 is 2.18 bits per heavy atom. The number of rotatable bonds is 4. The van der Waals surface area contributed by atoms with E-state index in [0.717, 1.165) is 55.4 Å². The highest BCUT2D eigenvalue weighted by Gasteiger charge is 2.28. The van der Waals surface area contributed by atoms with E-state index in [9.17, 15) is 4.79 Å². The number of carbonyl (C=O) groups excluding carboxylic acids is 1. The highest BCUT2D eigenvalue weighted by molar-refractivity contribution is 5.73. The van der Waals surface area contributed by atoms with Crippen molar-refractivity contribution in [3.05, 3.63) is 47.2 Å². The lowest BCUT2D eigenvalue weighted by atomic mass is 9.99. The minimum Gasteiger partial charge on any atom is -0.373 e. The van der Waals surface area contributed by atoms with Crippen LogP contribution in [-0.4, -0.2) is 50.8 Å². The maximum Gasteiger partial charge on any atom is 0.219 e. The second kappa shape index (κ2) is 8.22. The number of likely N-dealkylation sites (tertiary alicyclic amines) is 1. The number of hydrogen-bond donors (Lipinski definition) is 1. The Bertz CT molecular complexity index is 855. The van der Waals surface area contributed by atoms with Gasteiger partial charge in [0.15, 0.2) is 0 Å². The highest BCUT2D eigenvalue weighted by Crippen LogP contribution is 2.32. The van der Waals surface area contributed by atoms with Gasteiger partial charge in [0.1, 0.15) is 11.6 Å². The maximum atomic E-state index is 11.7. The van der Waals surface area contributed by atoms with Crippen LogP contribution in [0.25, 0.3) is 0 Å². The molecular formula is C21H28N6O. The summed E-state index contributed by atoms with van der Waals surface area (Å²) in [7, 11) is 1.91. The smallest absolute Gasteiger partial charge is 0.219 e. The van der Waals surface area contributed by atoms with Gasteiger partial charge >= 0.3 is 0 Å². The number of piperidine rings is 1. The maximum absolute atomic E-state index is 11.7. The molecule has 0 bridgehead atoms. The third kappa shape index (κ3) is 3.85. The Hall–Kier alpha value is -2.54. The van der Waals surface area contributed by atoms with E-state index in [2.05, 4.69) is 21.3 Å². The van der Waals surface area contributed by atoms with Gasteiger partial charge in [0.05, 0.1) is 11.7 Å². The minimum absolute atomic E-state index is 0.116. The third-order valence-corrected chi connectivity index (χ3v) is 5.81. The zero-order valence-electron chi connectivity index (χ0n) is 16.7. The van der Waals surface area contributed by atoms with Gasteiger partial charge in [-0.25, -0.2) is 15.0 Å². The molecule has 0 radical (unpaired) electrons. The Labute approximate surface area is 166 Å². The van der Waals surface area contributed by atoms with Gasteiger partial charge in [0.25, 0.3) is 0 Å². The number of amides is 1. The standard InChI is InChI=1S/C21H28N6O/c1-15(28)26-11-8-18-17(14-26)12-24-21(25-18)19-7-3-4-10-27(19)13-16-6-5-9-23-20(16)22-2/h5-6,9,12,19H,3-4,7-8,10-11,13-14H2,1-2H3,(H,22,23)/t19-/m0/s1. The van der Waals surface area contributed by atoms with Gasteiger partial charge in [0.2, 0.25) is 5.91 Å². The van der Waals surface area contributed by atoms with Crippen molar-refractivity contribution in [2.75, 3.05) is 25.5 Å². The fourth-order valence-electron chi connectivity index (χ4n) is 4.24. The summed E-state index contributed by atoms with van der Waals surface area (Å²) in [6.07, 6.45) is 8.04. The van der Waals surface area contributed by atoms with Gasteiger partial charge in [-0.1, -0.05) is 12.5 Å². The summed E-state index contributed by atoms with van der Waals surface area (Å²) < 4.78 is 0. The zero-order valence-corrected chi connectivity index (χ0v) is 16.7. The molecule has 0 aliphatic carbocycles. The van der Waals surface area contributed by atoms with Crippen LogP contribution in [0.3, 0.4) is 0 Å². The second-order valence-electron chi connectivity index (χ2n) is 7.63. The number of nitrogens with zero attached hydrogens (tertiary/aromatic N) is 5. The fourth-order valence-corrected chi connectivity index (χ4v) is 4.24. The molecule has 0 unspecified atom stereocenters. The van der Waals surface area contributed by atoms with Crippen molar-refractivity contribution in [1.29, 1.82) is 0 Å². The molecule has 1 fully saturated rings. The van der Waals surface area contributed by atoms with Crippen LogP contribution in [0.2, 0.25) is 0 Å². The zero-order chi connectivity index (χ0) is 19.5. The topological polar surface area (TPSA) is 74.2 Å². The van der Waals surface area contributed by atoms with Gasteiger partial charge in [0, 0.05) is 63.5 Å². The van der Waals surface area contributed by atoms with Crippen molar-refractivity contribution in [3.8, 4) is 0 Å². The molecule has 2 aromatic rings. The van der Waals surface area contributed by atoms with Crippen LogP contribution < -0.4 is 5.32 Å². The van der Waals surface area contributed by atoms with E-state index in [4.69, 9.17) is 9.97 Å². The lowest BCUT2D eigenvalue weighted by Gasteiger charge is -2.35. The number of fused-ring (bicyclic) bond motifs is 1. The normalized spacial score (nSPS) is 19.9. The molecule has 4 rings (SSSR count). The number of nitrogens with one attached hydrogen (secondary N) is 1. The van der Waals surface area contributed by atoms with E-state index in [1.807, 2.05) is 30.4 Å². The lowest BCUT2D eigenvalue weighted by molar-refractivity contribution is -0.129. The molecule has 0 spiro atoms. The van der Waals surface area contributed by atoms with Crippen LogP contribution in [0.15, 0.2) is 24.5 Å². The molecule has 1 saturated heterocycles. The summed E-state index contributed by atoms with van der Waals surface area (Å²) in [5.74, 6) is 1.97. The number of pyridine rings is 1. The van der Waals surface area contributed by atoms with Gasteiger partial charge in [-0.3, -0.25) is 9.69 Å². The average Bonchev–Trinajstić information content (AvgIpc) is 2.73. The molecular weight excluding hydrogens is 352 g/mol. The van der Waals surface area contributed by atoms with Crippen molar-refractivity contribution >= 4 is 11.7 Å². The van der Waals surface area contributed by atoms with Crippen LogP contribution in [-0.2, 0) is 24.3 Å². The molecule has 2 aliphatic heterocycles. The first kappa shape index (κ1) is 18.8. The van der Waals surface area contributed by atoms with Crippen molar-refractivity contribution in [1.82, 2.24) is 24.8 Å². The molecule has 0 aromatic carbocycles. The highest BCUT2D eigenvalue weighted by atomic mass is 16.2. The van der Waals surface area contributed by atoms with Crippen LogP contribution in [0.1, 0.15) is 54.9 Å². The summed E-state index contributed by atoms with van der Waals surface area (Å²) in [5.41, 5.74) is 3.38. The number of hydrogen-bond acceptors (Lipinski definition) is 6. The molecule has 28 heavy (non-hydrogen) atoms. The van der Waals surface area contributed by atoms with Crippen molar-refractivity contribution in [2.45, 2.75) is 51.7 Å². The van der Waals surface area contributed by atoms with E-state index in [0.29, 0.717) is 6.54 Å². The first-order valence-corrected chi connectivity index (χ1v) is 10.1. The molecule has 0 saturated carbocycles. The van der Waals surface area contributed by atoms with Crippen LogP contribution in [0.4, 0.5) is 5.82 Å². The van der Waals surface area contributed by atoms with Crippen molar-refractivity contribution in [2.24, 2.45) is 0 Å². The van der Waals surface area contributed by atoms with Crippen LogP contribution >= 0.6 is 0 Å². The predicted octanol–water partition coefficient (Wildman–Crippen LogP) is 2.55. The Morgan fingerprint density at radius 1 is 1.29 bits per heavy atom. The lowest BCUT2D eigenvalue weighted by Crippen LogP contribution is -2.37. The van der Waals surface area contributed by atoms with Crippen molar-refractivity contribution in [3.63, 3.8) is 0 Å². The largest absolute Gasteiger partial charge is 0.373 e. The van der Waals surface area contributed by atoms with E-state index in [-0.39, 0.29) is 11.9 Å². The van der Waals surface area contributed by atoms with E-state index in [1.54, 1.807) is 6.92 Å². The van der Waals surface area contributed by atoms with Crippen LogP contribution in [0.5, 0.6) is 0 Å². The number of carbonyl (C=O) groups is 1. The third-order valence-electron chi connectivity index (χ3n) is 5.81. The second-order valence-corrected chi connectivity index (χ2v) is 7.63. The first-order valence-electron chi connectivity index (χ1n) is 10.1. The predicted molar refractivity (Wildman–Crippen MR) is 108 cm³/mol. The van der Waals surface area contributed by atoms with Gasteiger partial charge in [-0.15, -0.1) is 0 Å². The van der Waals surface area contributed by atoms with Gasteiger partial charge in [-0.2, -0.15) is 0 Å². The fraction of sp³-hybridized carbons (Fsp3) is 0.524. The molecule has 4 heterocycles. The molecule has 7 heteroatoms. The Morgan fingerprint density at radius 3 is 3.00 bits per heavy atom. The van der Waals surface area contributed by atoms with E-state index >= 15 is 0 Å². The Balaban J connectivity index is 1.56. The molecule has 1 N–H and O–H groups in total. The molecule has 2 aliphatic rings. The summed E-state index contributed by atoms with van der Waals surface area (Å²) in [6, 6.07) is 4.36. The van der Waals surface area contributed by atoms with Crippen molar-refractivity contribution < 1.29 is 4.79 Å². The molecule has 1 atom stereocenters. The molecule has 2 aromatic heterocycles. The van der Waals surface area contributed by atoms with Gasteiger partial charge in [-0.05, 0) is 25.5 Å². The first-order chi connectivity index (χ1) is 13.7. The quantitative estimate of drug-likeness (QED) is 0.879. The summed E-state index contributed by atoms with van der Waals surface area (Å²) >= 11 is 0. The molecule has 1 amide bonds.